The molecule has 4 nitrogen and oxygen atoms in total. The maximum Gasteiger partial charge on any atom is 0.234 e. The van der Waals surface area contributed by atoms with Gasteiger partial charge in [0.2, 0.25) is 5.91 Å². The van der Waals surface area contributed by atoms with Gasteiger partial charge in [-0.05, 0) is 55.8 Å². The van der Waals surface area contributed by atoms with Crippen LogP contribution in [0.25, 0.3) is 0 Å². The minimum Gasteiger partial charge on any atom is -0.352 e. The number of carbonyl (C=O) groups is 1. The van der Waals surface area contributed by atoms with E-state index >= 15 is 0 Å². The van der Waals surface area contributed by atoms with Gasteiger partial charge in [-0.3, -0.25) is 9.69 Å². The highest BCUT2D eigenvalue weighted by molar-refractivity contribution is 6.42. The maximum absolute atomic E-state index is 11.9. The van der Waals surface area contributed by atoms with E-state index in [0.717, 1.165) is 44.9 Å². The number of hydrogen-bond donors (Lipinski definition) is 2. The molecule has 1 saturated carbocycles. The summed E-state index contributed by atoms with van der Waals surface area (Å²) in [6, 6.07) is 6.10. The zero-order valence-electron chi connectivity index (χ0n) is 14.7. The predicted molar refractivity (Wildman–Crippen MR) is 113 cm³/mol. The van der Waals surface area contributed by atoms with Crippen LogP contribution < -0.4 is 10.6 Å². The van der Waals surface area contributed by atoms with Gasteiger partial charge in [-0.2, -0.15) is 0 Å². The average molecular weight is 443 g/mol. The van der Waals surface area contributed by atoms with Crippen LogP contribution in [-0.2, 0) is 11.3 Å². The first-order chi connectivity index (χ1) is 11.6. The third-order valence-electron chi connectivity index (χ3n) is 4.76. The average Bonchev–Trinajstić information content (AvgIpc) is 3.37. The van der Waals surface area contributed by atoms with Crippen molar-refractivity contribution in [2.24, 2.45) is 5.92 Å². The first-order valence-corrected chi connectivity index (χ1v) is 9.52. The van der Waals surface area contributed by atoms with Crippen LogP contribution in [0.3, 0.4) is 0 Å². The van der Waals surface area contributed by atoms with Crippen molar-refractivity contribution in [3.63, 3.8) is 0 Å². The van der Waals surface area contributed by atoms with Crippen LogP contribution in [0.15, 0.2) is 18.2 Å². The van der Waals surface area contributed by atoms with Crippen LogP contribution in [0.1, 0.15) is 31.2 Å². The Hall–Kier alpha value is -0.230. The molecular weight excluding hydrogens is 416 g/mol. The van der Waals surface area contributed by atoms with Crippen molar-refractivity contribution in [3.05, 3.63) is 33.8 Å². The molecule has 2 aliphatic rings. The summed E-state index contributed by atoms with van der Waals surface area (Å²) >= 11 is 12.0. The van der Waals surface area contributed by atoms with Crippen molar-refractivity contribution in [2.75, 3.05) is 26.2 Å². The minimum atomic E-state index is 0. The SMILES string of the molecule is Cl.Cl.O=C(CNCC1CC1)NC1CCN(Cc2ccc(Cl)c(Cl)c2)CC1. The fourth-order valence-corrected chi connectivity index (χ4v) is 3.44. The molecule has 1 aliphatic carbocycles. The lowest BCUT2D eigenvalue weighted by atomic mass is 10.0. The minimum absolute atomic E-state index is 0. The third-order valence-corrected chi connectivity index (χ3v) is 5.50. The van der Waals surface area contributed by atoms with Crippen LogP contribution in [0.5, 0.6) is 0 Å². The lowest BCUT2D eigenvalue weighted by molar-refractivity contribution is -0.121. The molecule has 0 spiro atoms. The Morgan fingerprint density at radius 3 is 2.38 bits per heavy atom. The Morgan fingerprint density at radius 2 is 1.77 bits per heavy atom. The van der Waals surface area contributed by atoms with Gasteiger partial charge >= 0.3 is 0 Å². The molecule has 1 heterocycles. The number of nitrogens with zero attached hydrogens (tertiary/aromatic N) is 1. The molecule has 8 heteroatoms. The molecular formula is C18H27Cl4N3O. The molecule has 0 atom stereocenters. The molecule has 148 valence electrons. The van der Waals surface area contributed by atoms with Gasteiger partial charge in [0.05, 0.1) is 16.6 Å². The summed E-state index contributed by atoms with van der Waals surface area (Å²) in [5, 5.41) is 7.59. The lowest BCUT2D eigenvalue weighted by Gasteiger charge is -2.32. The number of piperidine rings is 1. The van der Waals surface area contributed by atoms with Crippen LogP contribution >= 0.6 is 48.0 Å². The molecule has 0 radical (unpaired) electrons. The maximum atomic E-state index is 11.9. The van der Waals surface area contributed by atoms with Crippen molar-refractivity contribution in [1.29, 1.82) is 0 Å². The van der Waals surface area contributed by atoms with E-state index < -0.39 is 0 Å². The number of nitrogens with one attached hydrogen (secondary N) is 2. The molecule has 1 saturated heterocycles. The van der Waals surface area contributed by atoms with Crippen molar-refractivity contribution in [2.45, 2.75) is 38.3 Å². The van der Waals surface area contributed by atoms with E-state index in [1.165, 1.54) is 18.4 Å². The van der Waals surface area contributed by atoms with Crippen molar-refractivity contribution in [1.82, 2.24) is 15.5 Å². The Morgan fingerprint density at radius 1 is 1.08 bits per heavy atom. The second-order valence-electron chi connectivity index (χ2n) is 6.94. The van der Waals surface area contributed by atoms with Gasteiger partial charge < -0.3 is 10.6 Å². The van der Waals surface area contributed by atoms with Crippen molar-refractivity contribution in [3.8, 4) is 0 Å². The van der Waals surface area contributed by atoms with Gasteiger partial charge in [0, 0.05) is 25.7 Å². The zero-order chi connectivity index (χ0) is 16.9. The van der Waals surface area contributed by atoms with Crippen LogP contribution in [-0.4, -0.2) is 43.0 Å². The standard InChI is InChI=1S/C18H25Cl2N3O.2ClH/c19-16-4-3-14(9-17(16)20)12-23-7-5-15(6-8-23)22-18(24)11-21-10-13-1-2-13;;/h3-4,9,13,15,21H,1-2,5-8,10-12H2,(H,22,24);2*1H. The zero-order valence-corrected chi connectivity index (χ0v) is 17.8. The lowest BCUT2D eigenvalue weighted by Crippen LogP contribution is -2.46. The van der Waals surface area contributed by atoms with Gasteiger partial charge in [-0.15, -0.1) is 24.8 Å². The largest absolute Gasteiger partial charge is 0.352 e. The molecule has 0 bridgehead atoms. The Labute approximate surface area is 178 Å². The van der Waals surface area contributed by atoms with E-state index in [-0.39, 0.29) is 30.7 Å². The first kappa shape index (κ1) is 23.8. The monoisotopic (exact) mass is 441 g/mol. The van der Waals surface area contributed by atoms with E-state index in [2.05, 4.69) is 15.5 Å². The number of rotatable bonds is 7. The van der Waals surface area contributed by atoms with Gasteiger partial charge in [0.25, 0.3) is 0 Å². The first-order valence-electron chi connectivity index (χ1n) is 8.76. The van der Waals surface area contributed by atoms with E-state index in [1.54, 1.807) is 0 Å². The normalized spacial score (nSPS) is 17.9. The number of carbonyl (C=O) groups excluding carboxylic acids is 1. The van der Waals surface area contributed by atoms with Crippen molar-refractivity contribution >= 4 is 53.9 Å². The van der Waals surface area contributed by atoms with Gasteiger partial charge in [0.15, 0.2) is 0 Å². The third kappa shape index (κ3) is 7.79. The summed E-state index contributed by atoms with van der Waals surface area (Å²) in [7, 11) is 0. The van der Waals surface area contributed by atoms with Crippen molar-refractivity contribution < 1.29 is 4.79 Å². The highest BCUT2D eigenvalue weighted by Crippen LogP contribution is 2.27. The quantitative estimate of drug-likeness (QED) is 0.672. The van der Waals surface area contributed by atoms with E-state index in [0.29, 0.717) is 22.6 Å². The van der Waals surface area contributed by atoms with Crippen LogP contribution in [0.2, 0.25) is 10.0 Å². The Bertz CT molecular complexity index is 576. The van der Waals surface area contributed by atoms with Gasteiger partial charge in [-0.25, -0.2) is 0 Å². The summed E-state index contributed by atoms with van der Waals surface area (Å²) in [5.74, 6) is 0.931. The van der Waals surface area contributed by atoms with E-state index in [4.69, 9.17) is 23.2 Å². The summed E-state index contributed by atoms with van der Waals surface area (Å²) in [6.45, 7) is 4.28. The van der Waals surface area contributed by atoms with Crippen LogP contribution in [0.4, 0.5) is 0 Å². The van der Waals surface area contributed by atoms with Gasteiger partial charge in [0.1, 0.15) is 0 Å². The second kappa shape index (κ2) is 11.6. The number of likely N-dealkylation sites (tertiary alicyclic amines) is 1. The van der Waals surface area contributed by atoms with Gasteiger partial charge in [-0.1, -0.05) is 29.3 Å². The number of halogens is 4. The smallest absolute Gasteiger partial charge is 0.234 e. The molecule has 0 aromatic heterocycles. The molecule has 3 rings (SSSR count). The molecule has 0 unspecified atom stereocenters. The van der Waals surface area contributed by atoms with Crippen LogP contribution in [0, 0.1) is 5.92 Å². The number of amides is 1. The topological polar surface area (TPSA) is 44.4 Å². The highest BCUT2D eigenvalue weighted by atomic mass is 35.5. The van der Waals surface area contributed by atoms with E-state index in [1.807, 2.05) is 18.2 Å². The fourth-order valence-electron chi connectivity index (χ4n) is 3.12. The number of benzene rings is 1. The summed E-state index contributed by atoms with van der Waals surface area (Å²) in [4.78, 5) is 14.3. The highest BCUT2D eigenvalue weighted by Gasteiger charge is 2.22. The molecule has 26 heavy (non-hydrogen) atoms. The number of hydrogen-bond acceptors (Lipinski definition) is 3. The molecule has 1 aliphatic heterocycles. The second-order valence-corrected chi connectivity index (χ2v) is 7.76. The van der Waals surface area contributed by atoms with E-state index in [9.17, 15) is 4.79 Å². The molecule has 1 amide bonds. The Balaban J connectivity index is 0.00000169. The summed E-state index contributed by atoms with van der Waals surface area (Å²) in [6.07, 6.45) is 4.61. The summed E-state index contributed by atoms with van der Waals surface area (Å²) < 4.78 is 0. The molecule has 1 aromatic carbocycles. The molecule has 2 fully saturated rings. The molecule has 1 aromatic rings. The summed E-state index contributed by atoms with van der Waals surface area (Å²) in [5.41, 5.74) is 1.18. The molecule has 2 N–H and O–H groups in total. The predicted octanol–water partition coefficient (Wildman–Crippen LogP) is 3.92. The Kier molecular flexibility index (Phi) is 10.6. The fraction of sp³-hybridized carbons (Fsp3) is 0.611.